The molecule has 166 valence electrons. The molecule has 0 spiro atoms. The minimum absolute atomic E-state index is 0.0157. The average molecular weight is 423 g/mol. The van der Waals surface area contributed by atoms with Gasteiger partial charge in [-0.25, -0.2) is 0 Å². The molecular weight excluding hydrogens is 388 g/mol. The van der Waals surface area contributed by atoms with E-state index in [1.54, 1.807) is 0 Å². The van der Waals surface area contributed by atoms with E-state index >= 15 is 0 Å². The first kappa shape index (κ1) is 22.9. The summed E-state index contributed by atoms with van der Waals surface area (Å²) in [5.41, 5.74) is 2.41. The van der Waals surface area contributed by atoms with Crippen LogP contribution in [0.25, 0.3) is 0 Å². The number of carbonyl (C=O) groups is 2. The molecule has 3 rings (SSSR count). The molecule has 2 aromatic rings. The van der Waals surface area contributed by atoms with E-state index in [4.69, 9.17) is 4.74 Å². The molecule has 0 bridgehead atoms. The second-order valence-corrected chi connectivity index (χ2v) is 8.30. The van der Waals surface area contributed by atoms with Crippen molar-refractivity contribution in [1.82, 2.24) is 10.2 Å². The van der Waals surface area contributed by atoms with Crippen molar-refractivity contribution in [3.63, 3.8) is 0 Å². The highest BCUT2D eigenvalue weighted by Gasteiger charge is 2.26. The molecule has 0 aromatic heterocycles. The van der Waals surface area contributed by atoms with E-state index in [9.17, 15) is 9.59 Å². The zero-order chi connectivity index (χ0) is 21.9. The van der Waals surface area contributed by atoms with Gasteiger partial charge in [-0.15, -0.1) is 0 Å². The van der Waals surface area contributed by atoms with Crippen LogP contribution in [0.4, 0.5) is 0 Å². The summed E-state index contributed by atoms with van der Waals surface area (Å²) in [4.78, 5) is 26.8. The highest BCUT2D eigenvalue weighted by atomic mass is 16.5. The lowest BCUT2D eigenvalue weighted by Gasteiger charge is -2.31. The quantitative estimate of drug-likeness (QED) is 0.586. The molecule has 0 unspecified atom stereocenters. The fourth-order valence-corrected chi connectivity index (χ4v) is 3.85. The van der Waals surface area contributed by atoms with Crippen LogP contribution in [0.5, 0.6) is 5.75 Å². The summed E-state index contributed by atoms with van der Waals surface area (Å²) >= 11 is 0. The number of unbranched alkanes of at least 4 members (excludes halogenated alkanes) is 1. The summed E-state index contributed by atoms with van der Waals surface area (Å²) in [5.74, 6) is 1.22. The predicted octanol–water partition coefficient (Wildman–Crippen LogP) is 4.14. The molecule has 0 radical (unpaired) electrons. The maximum Gasteiger partial charge on any atom is 0.223 e. The van der Waals surface area contributed by atoms with E-state index in [-0.39, 0.29) is 17.7 Å². The number of nitrogens with one attached hydrogen (secondary N) is 1. The van der Waals surface area contributed by atoms with Crippen molar-refractivity contribution in [2.45, 2.75) is 45.4 Å². The number of amides is 2. The van der Waals surface area contributed by atoms with Crippen LogP contribution < -0.4 is 10.1 Å². The molecule has 1 aliphatic heterocycles. The summed E-state index contributed by atoms with van der Waals surface area (Å²) in [6.07, 6.45) is 4.61. The monoisotopic (exact) mass is 422 g/mol. The third-order valence-corrected chi connectivity index (χ3v) is 5.85. The van der Waals surface area contributed by atoms with E-state index in [0.717, 1.165) is 37.9 Å². The van der Waals surface area contributed by atoms with E-state index in [1.807, 2.05) is 47.4 Å². The van der Waals surface area contributed by atoms with Crippen molar-refractivity contribution in [3.8, 4) is 5.75 Å². The number of ether oxygens (including phenoxy) is 1. The van der Waals surface area contributed by atoms with Crippen LogP contribution in [-0.4, -0.2) is 43.0 Å². The molecule has 2 amide bonds. The van der Waals surface area contributed by atoms with Gasteiger partial charge < -0.3 is 15.0 Å². The van der Waals surface area contributed by atoms with Crippen molar-refractivity contribution < 1.29 is 14.3 Å². The Labute approximate surface area is 185 Å². The minimum atomic E-state index is 0.0157. The molecule has 0 saturated carbocycles. The van der Waals surface area contributed by atoms with Gasteiger partial charge in [-0.2, -0.15) is 0 Å². The van der Waals surface area contributed by atoms with Gasteiger partial charge in [-0.05, 0) is 56.7 Å². The molecule has 1 heterocycles. The van der Waals surface area contributed by atoms with Crippen molar-refractivity contribution in [2.24, 2.45) is 5.92 Å². The lowest BCUT2D eigenvalue weighted by molar-refractivity contribution is -0.135. The fraction of sp³-hybridized carbons (Fsp3) is 0.462. The Morgan fingerprint density at radius 2 is 1.71 bits per heavy atom. The predicted molar refractivity (Wildman–Crippen MR) is 123 cm³/mol. The van der Waals surface area contributed by atoms with Gasteiger partial charge in [-0.3, -0.25) is 9.59 Å². The molecule has 5 heteroatoms. The Morgan fingerprint density at radius 3 is 2.42 bits per heavy atom. The van der Waals surface area contributed by atoms with Crippen LogP contribution >= 0.6 is 0 Å². The summed E-state index contributed by atoms with van der Waals surface area (Å²) < 4.78 is 5.72. The minimum Gasteiger partial charge on any atom is -0.494 e. The second kappa shape index (κ2) is 12.1. The largest absolute Gasteiger partial charge is 0.494 e. The lowest BCUT2D eigenvalue weighted by atomic mass is 9.95. The average Bonchev–Trinajstić information content (AvgIpc) is 2.81. The van der Waals surface area contributed by atoms with Crippen molar-refractivity contribution in [2.75, 3.05) is 26.2 Å². The Hall–Kier alpha value is -2.82. The van der Waals surface area contributed by atoms with Crippen LogP contribution in [0.3, 0.4) is 0 Å². The van der Waals surface area contributed by atoms with Crippen molar-refractivity contribution in [3.05, 3.63) is 65.7 Å². The molecule has 1 aliphatic rings. The number of likely N-dealkylation sites (tertiary alicyclic amines) is 1. The Morgan fingerprint density at radius 1 is 1.00 bits per heavy atom. The first-order chi connectivity index (χ1) is 15.1. The number of benzene rings is 2. The van der Waals surface area contributed by atoms with Crippen LogP contribution in [0.2, 0.25) is 0 Å². The number of hydrogen-bond donors (Lipinski definition) is 1. The molecule has 2 aromatic carbocycles. The highest BCUT2D eigenvalue weighted by Crippen LogP contribution is 2.19. The molecule has 1 saturated heterocycles. The third-order valence-electron chi connectivity index (χ3n) is 5.85. The smallest absolute Gasteiger partial charge is 0.223 e. The Bertz CT molecular complexity index is 812. The van der Waals surface area contributed by atoms with Gasteiger partial charge >= 0.3 is 0 Å². The van der Waals surface area contributed by atoms with Gasteiger partial charge in [0.25, 0.3) is 0 Å². The number of carbonyl (C=O) groups excluding carboxylic acids is 2. The van der Waals surface area contributed by atoms with Crippen LogP contribution in [0.1, 0.15) is 43.2 Å². The van der Waals surface area contributed by atoms with Gasteiger partial charge in [0.05, 0.1) is 6.61 Å². The number of hydrogen-bond acceptors (Lipinski definition) is 3. The molecule has 1 fully saturated rings. The first-order valence-corrected chi connectivity index (χ1v) is 11.4. The van der Waals surface area contributed by atoms with Gasteiger partial charge in [0.2, 0.25) is 11.8 Å². The molecule has 0 aliphatic carbocycles. The molecule has 31 heavy (non-hydrogen) atoms. The maximum absolute atomic E-state index is 12.5. The summed E-state index contributed by atoms with van der Waals surface area (Å²) in [5, 5.41) is 3.05. The maximum atomic E-state index is 12.5. The normalized spacial score (nSPS) is 14.3. The second-order valence-electron chi connectivity index (χ2n) is 8.30. The number of piperidine rings is 1. The van der Waals surface area contributed by atoms with Crippen LogP contribution in [0, 0.1) is 12.8 Å². The zero-order valence-electron chi connectivity index (χ0n) is 18.5. The summed E-state index contributed by atoms with van der Waals surface area (Å²) in [6, 6.07) is 18.1. The topological polar surface area (TPSA) is 58.6 Å². The Balaban J connectivity index is 1.25. The van der Waals surface area contributed by atoms with Gasteiger partial charge in [0, 0.05) is 32.0 Å². The molecular formula is C26H34N2O3. The highest BCUT2D eigenvalue weighted by molar-refractivity contribution is 5.80. The van der Waals surface area contributed by atoms with Gasteiger partial charge in [0.1, 0.15) is 5.75 Å². The number of rotatable bonds is 10. The van der Waals surface area contributed by atoms with Crippen LogP contribution in [0.15, 0.2) is 54.6 Å². The van der Waals surface area contributed by atoms with E-state index in [0.29, 0.717) is 32.7 Å². The van der Waals surface area contributed by atoms with Gasteiger partial charge in [-0.1, -0.05) is 48.0 Å². The summed E-state index contributed by atoms with van der Waals surface area (Å²) in [6.45, 7) is 4.74. The van der Waals surface area contributed by atoms with Crippen molar-refractivity contribution in [1.29, 1.82) is 0 Å². The lowest BCUT2D eigenvalue weighted by Crippen LogP contribution is -2.43. The standard InChI is InChI=1S/C26H34N2O3/c1-21-9-12-24(13-10-21)31-20-6-5-17-27-26(30)23-15-18-28(19-16-23)25(29)14-11-22-7-3-2-4-8-22/h2-4,7-10,12-13,23H,5-6,11,14-20H2,1H3,(H,27,30). The molecule has 5 nitrogen and oxygen atoms in total. The third kappa shape index (κ3) is 7.74. The van der Waals surface area contributed by atoms with Gasteiger partial charge in [0.15, 0.2) is 0 Å². The molecule has 1 N–H and O–H groups in total. The van der Waals surface area contributed by atoms with E-state index in [2.05, 4.69) is 24.4 Å². The molecule has 0 atom stereocenters. The first-order valence-electron chi connectivity index (χ1n) is 11.4. The zero-order valence-corrected chi connectivity index (χ0v) is 18.5. The van der Waals surface area contributed by atoms with E-state index < -0.39 is 0 Å². The van der Waals surface area contributed by atoms with Crippen LogP contribution in [-0.2, 0) is 16.0 Å². The number of aryl methyl sites for hydroxylation is 2. The van der Waals surface area contributed by atoms with Crippen molar-refractivity contribution >= 4 is 11.8 Å². The SMILES string of the molecule is Cc1ccc(OCCCCNC(=O)C2CCN(C(=O)CCc3ccccc3)CC2)cc1. The number of nitrogens with zero attached hydrogens (tertiary/aromatic N) is 1. The fourth-order valence-electron chi connectivity index (χ4n) is 3.85. The summed E-state index contributed by atoms with van der Waals surface area (Å²) in [7, 11) is 0. The van der Waals surface area contributed by atoms with E-state index in [1.165, 1.54) is 11.1 Å². The Kier molecular flexibility index (Phi) is 8.95.